The van der Waals surface area contributed by atoms with Gasteiger partial charge in [-0.25, -0.2) is 0 Å². The van der Waals surface area contributed by atoms with Crippen molar-refractivity contribution in [2.75, 3.05) is 0 Å². The largest absolute Gasteiger partial charge is 0.483 e. The fraction of sp³-hybridized carbons (Fsp3) is 0.556. The molecular weight excluding hydrogens is 416 g/mol. The minimum atomic E-state index is -0.886. The summed E-state index contributed by atoms with van der Waals surface area (Å²) in [6, 6.07) is 3.96. The van der Waals surface area contributed by atoms with E-state index in [9.17, 15) is 14.8 Å². The van der Waals surface area contributed by atoms with Gasteiger partial charge in [0.1, 0.15) is 16.9 Å². The molecule has 3 unspecified atom stereocenters. The lowest BCUT2D eigenvalue weighted by molar-refractivity contribution is -0.172. The molecule has 8 rings (SSSR count). The first-order valence-corrected chi connectivity index (χ1v) is 12.2. The molecule has 2 N–H and O–H groups in total. The Labute approximate surface area is 192 Å². The van der Waals surface area contributed by atoms with E-state index in [1.807, 2.05) is 38.1 Å². The van der Waals surface area contributed by atoms with Gasteiger partial charge in [-0.2, -0.15) is 4.73 Å². The maximum Gasteiger partial charge on any atom is 0.227 e. The summed E-state index contributed by atoms with van der Waals surface area (Å²) in [5, 5.41) is 15.8. The van der Waals surface area contributed by atoms with Gasteiger partial charge in [0, 0.05) is 34.6 Å². The van der Waals surface area contributed by atoms with E-state index in [1.54, 1.807) is 0 Å². The van der Waals surface area contributed by atoms with Gasteiger partial charge in [-0.15, -0.1) is 0 Å². The second kappa shape index (κ2) is 5.48. The number of carbonyl (C=O) groups is 2. The average molecular weight is 447 g/mol. The number of ether oxygens (including phenoxy) is 1. The zero-order valence-corrected chi connectivity index (χ0v) is 19.6. The lowest BCUT2D eigenvalue weighted by Gasteiger charge is -2.63. The van der Waals surface area contributed by atoms with E-state index >= 15 is 0 Å². The molecule has 2 aromatic rings. The van der Waals surface area contributed by atoms with Crippen LogP contribution in [-0.4, -0.2) is 32.8 Å². The molecule has 3 aliphatic heterocycles. The van der Waals surface area contributed by atoms with Crippen LogP contribution in [0.15, 0.2) is 18.2 Å². The minimum Gasteiger partial charge on any atom is -0.483 e. The number of piperidine rings is 2. The molecule has 1 amide bonds. The van der Waals surface area contributed by atoms with Crippen LogP contribution in [0.1, 0.15) is 70.2 Å². The van der Waals surface area contributed by atoms with Crippen molar-refractivity contribution in [2.45, 2.75) is 76.4 Å². The number of ketones is 1. The Bertz CT molecular complexity index is 1330. The van der Waals surface area contributed by atoms with Crippen LogP contribution >= 0.6 is 0 Å². The highest BCUT2D eigenvalue weighted by molar-refractivity contribution is 6.07. The van der Waals surface area contributed by atoms with Crippen molar-refractivity contribution >= 4 is 28.7 Å². The van der Waals surface area contributed by atoms with E-state index in [0.717, 1.165) is 59.2 Å². The first-order valence-electron chi connectivity index (χ1n) is 12.2. The Kier molecular flexibility index (Phi) is 3.27. The standard InChI is InChI=1S/C27H30N2O4/c1-24(2)11-9-15-18(33-24)8-7-14-16-12-27-19(25(3,4)21(16)29(32)20(14)15)13-26(23(31)28-27)10-5-6-17(26)22(27)30/h7-9,11,17,19,32H,5-6,10,12-13H2,1-4H3,(H,28,31)/t17?,19-,26?,27?/m1/s1. The summed E-state index contributed by atoms with van der Waals surface area (Å²) in [6.45, 7) is 8.28. The summed E-state index contributed by atoms with van der Waals surface area (Å²) < 4.78 is 7.51. The second-order valence-corrected chi connectivity index (χ2v) is 12.1. The molecule has 1 aromatic carbocycles. The number of hydrogen-bond acceptors (Lipinski definition) is 4. The summed E-state index contributed by atoms with van der Waals surface area (Å²) >= 11 is 0. The SMILES string of the molecule is CC1(C)C=Cc2c(ccc3c4c(n(O)c23)C(C)(C)[C@H]2CC35CCCC3C(=O)C2(C4)NC5=O)O1. The molecule has 6 aliphatic rings. The van der Waals surface area contributed by atoms with E-state index in [0.29, 0.717) is 6.42 Å². The summed E-state index contributed by atoms with van der Waals surface area (Å²) in [6.07, 6.45) is 7.74. The van der Waals surface area contributed by atoms with Gasteiger partial charge >= 0.3 is 0 Å². The number of carbonyl (C=O) groups excluding carboxylic acids is 2. The second-order valence-electron chi connectivity index (χ2n) is 12.1. The smallest absolute Gasteiger partial charge is 0.227 e. The quantitative estimate of drug-likeness (QED) is 0.596. The Morgan fingerprint density at radius 3 is 2.76 bits per heavy atom. The molecule has 3 aliphatic carbocycles. The first-order chi connectivity index (χ1) is 15.5. The predicted octanol–water partition coefficient (Wildman–Crippen LogP) is 4.14. The van der Waals surface area contributed by atoms with Crippen LogP contribution < -0.4 is 10.1 Å². The molecule has 33 heavy (non-hydrogen) atoms. The number of amides is 1. The number of Topliss-reactive ketones (excluding diaryl/α,β-unsaturated/α-hetero) is 1. The third-order valence-corrected chi connectivity index (χ3v) is 9.66. The zero-order valence-electron chi connectivity index (χ0n) is 19.6. The maximum atomic E-state index is 14.0. The number of benzene rings is 1. The van der Waals surface area contributed by atoms with Crippen molar-refractivity contribution in [2.24, 2.45) is 17.3 Å². The number of nitrogens with one attached hydrogen (secondary N) is 1. The normalized spacial score (nSPS) is 36.6. The van der Waals surface area contributed by atoms with Crippen LogP contribution in [0.2, 0.25) is 0 Å². The summed E-state index contributed by atoms with van der Waals surface area (Å²) in [7, 11) is 0. The topological polar surface area (TPSA) is 80.6 Å². The Hall–Kier alpha value is -2.76. The predicted molar refractivity (Wildman–Crippen MR) is 123 cm³/mol. The molecule has 4 atom stereocenters. The molecule has 2 saturated carbocycles. The highest BCUT2D eigenvalue weighted by atomic mass is 16.5. The zero-order chi connectivity index (χ0) is 23.1. The average Bonchev–Trinajstić information content (AvgIpc) is 3.29. The first kappa shape index (κ1) is 19.7. The molecule has 0 radical (unpaired) electrons. The molecule has 1 aromatic heterocycles. The molecule has 4 fully saturated rings. The van der Waals surface area contributed by atoms with Crippen LogP contribution in [0.5, 0.6) is 5.75 Å². The lowest BCUT2D eigenvalue weighted by Crippen LogP contribution is -2.79. The van der Waals surface area contributed by atoms with Crippen molar-refractivity contribution in [1.82, 2.24) is 10.0 Å². The van der Waals surface area contributed by atoms with Gasteiger partial charge in [0.2, 0.25) is 5.91 Å². The van der Waals surface area contributed by atoms with Gasteiger partial charge in [-0.05, 0) is 63.0 Å². The molecule has 172 valence electrons. The molecule has 6 nitrogen and oxygen atoms in total. The van der Waals surface area contributed by atoms with Gasteiger partial charge in [-0.1, -0.05) is 20.3 Å². The van der Waals surface area contributed by atoms with Crippen LogP contribution in [0.25, 0.3) is 17.0 Å². The number of aromatic nitrogens is 1. The fourth-order valence-corrected chi connectivity index (χ4v) is 8.25. The van der Waals surface area contributed by atoms with Crippen molar-refractivity contribution in [3.8, 4) is 5.75 Å². The van der Waals surface area contributed by atoms with Crippen LogP contribution in [0, 0.1) is 17.3 Å². The van der Waals surface area contributed by atoms with Crippen molar-refractivity contribution in [3.05, 3.63) is 35.0 Å². The molecule has 2 spiro atoms. The number of fused-ring (bicyclic) bond motifs is 6. The van der Waals surface area contributed by atoms with E-state index in [-0.39, 0.29) is 23.5 Å². The van der Waals surface area contributed by atoms with Gasteiger partial charge in [0.15, 0.2) is 5.78 Å². The minimum absolute atomic E-state index is 0.0474. The Balaban J connectivity index is 1.49. The highest BCUT2D eigenvalue weighted by Crippen LogP contribution is 2.65. The third-order valence-electron chi connectivity index (χ3n) is 9.66. The number of rotatable bonds is 0. The van der Waals surface area contributed by atoms with Gasteiger partial charge in [0.25, 0.3) is 0 Å². The maximum absolute atomic E-state index is 14.0. The number of hydrogen-bond donors (Lipinski definition) is 2. The summed E-state index contributed by atoms with van der Waals surface area (Å²) in [5.41, 5.74) is 1.06. The number of nitrogens with zero attached hydrogens (tertiary/aromatic N) is 1. The van der Waals surface area contributed by atoms with Gasteiger partial charge in [0.05, 0.1) is 16.6 Å². The molecule has 6 heteroatoms. The lowest BCUT2D eigenvalue weighted by atomic mass is 9.44. The molecular formula is C27H30N2O4. The van der Waals surface area contributed by atoms with E-state index in [2.05, 4.69) is 19.2 Å². The third kappa shape index (κ3) is 2.04. The molecule has 2 bridgehead atoms. The van der Waals surface area contributed by atoms with Crippen LogP contribution in [0.4, 0.5) is 0 Å². The van der Waals surface area contributed by atoms with E-state index < -0.39 is 22.0 Å². The summed E-state index contributed by atoms with van der Waals surface area (Å²) in [4.78, 5) is 27.3. The van der Waals surface area contributed by atoms with Crippen molar-refractivity contribution < 1.29 is 19.5 Å². The molecule has 2 saturated heterocycles. The van der Waals surface area contributed by atoms with E-state index in [4.69, 9.17) is 4.74 Å². The molecule has 4 heterocycles. The Morgan fingerprint density at radius 2 is 1.97 bits per heavy atom. The highest BCUT2D eigenvalue weighted by Gasteiger charge is 2.73. The van der Waals surface area contributed by atoms with Gasteiger partial charge < -0.3 is 15.3 Å². The van der Waals surface area contributed by atoms with Gasteiger partial charge in [-0.3, -0.25) is 9.59 Å². The monoisotopic (exact) mass is 446 g/mol. The Morgan fingerprint density at radius 1 is 1.18 bits per heavy atom. The van der Waals surface area contributed by atoms with Crippen LogP contribution in [0.3, 0.4) is 0 Å². The van der Waals surface area contributed by atoms with E-state index in [1.165, 1.54) is 4.73 Å². The van der Waals surface area contributed by atoms with Crippen LogP contribution in [-0.2, 0) is 21.4 Å². The van der Waals surface area contributed by atoms with Crippen molar-refractivity contribution in [1.29, 1.82) is 0 Å². The van der Waals surface area contributed by atoms with Crippen molar-refractivity contribution in [3.63, 3.8) is 0 Å². The summed E-state index contributed by atoms with van der Waals surface area (Å²) in [5.74, 6) is 0.829. The fourth-order valence-electron chi connectivity index (χ4n) is 8.25.